The van der Waals surface area contributed by atoms with E-state index in [4.69, 9.17) is 0 Å². The molecule has 0 fully saturated rings. The lowest BCUT2D eigenvalue weighted by Crippen LogP contribution is -2.14. The summed E-state index contributed by atoms with van der Waals surface area (Å²) in [5.74, 6) is -2.96. The van der Waals surface area contributed by atoms with E-state index in [1.54, 1.807) is 6.92 Å². The molecule has 1 N–H and O–H groups in total. The summed E-state index contributed by atoms with van der Waals surface area (Å²) in [5.41, 5.74) is 0.918. The number of benzene rings is 1. The van der Waals surface area contributed by atoms with Crippen molar-refractivity contribution in [1.82, 2.24) is 5.32 Å². The molecule has 0 bridgehead atoms. The van der Waals surface area contributed by atoms with Gasteiger partial charge in [-0.15, -0.1) is 0 Å². The molecule has 0 saturated heterocycles. The summed E-state index contributed by atoms with van der Waals surface area (Å²) in [4.78, 5) is 0. The van der Waals surface area contributed by atoms with E-state index >= 15 is 0 Å². The van der Waals surface area contributed by atoms with Crippen LogP contribution in [0.15, 0.2) is 17.7 Å². The van der Waals surface area contributed by atoms with Crippen molar-refractivity contribution in [1.29, 1.82) is 0 Å². The Morgan fingerprint density at radius 3 is 2.44 bits per heavy atom. The predicted octanol–water partition coefficient (Wildman–Crippen LogP) is 3.12. The molecule has 0 aliphatic heterocycles. The molecular weight excluding hydrogens is 215 g/mol. The minimum absolute atomic E-state index is 0.0642. The number of hydrogen-bond donors (Lipinski definition) is 1. The minimum atomic E-state index is -1.17. The third-order valence-corrected chi connectivity index (χ3v) is 2.10. The topological polar surface area (TPSA) is 12.0 Å². The number of hydrogen-bond acceptors (Lipinski definition) is 1. The van der Waals surface area contributed by atoms with Crippen LogP contribution in [0.25, 0.3) is 6.08 Å². The van der Waals surface area contributed by atoms with Crippen LogP contribution in [0.2, 0.25) is 0 Å². The standard InChI is InChI=1S/C12H14F3N/c1-3-16-7-8(2)4-9-5-11(14)12(15)6-10(9)13/h4-6,16H,3,7H2,1-2H3/b8-4+. The second kappa shape index (κ2) is 5.70. The van der Waals surface area contributed by atoms with Gasteiger partial charge >= 0.3 is 0 Å². The molecule has 4 heteroatoms. The molecule has 1 aromatic carbocycles. The van der Waals surface area contributed by atoms with Gasteiger partial charge in [-0.25, -0.2) is 13.2 Å². The number of likely N-dealkylation sites (N-methyl/N-ethyl adjacent to an activating group) is 1. The highest BCUT2D eigenvalue weighted by atomic mass is 19.2. The fourth-order valence-electron chi connectivity index (χ4n) is 1.29. The van der Waals surface area contributed by atoms with Crippen molar-refractivity contribution in [2.75, 3.05) is 13.1 Å². The summed E-state index contributed by atoms with van der Waals surface area (Å²) in [6.07, 6.45) is 1.50. The van der Waals surface area contributed by atoms with Crippen molar-refractivity contribution in [3.8, 4) is 0 Å². The van der Waals surface area contributed by atoms with Gasteiger partial charge in [0.2, 0.25) is 0 Å². The Morgan fingerprint density at radius 2 is 1.81 bits per heavy atom. The Kier molecular flexibility index (Phi) is 4.55. The second-order valence-electron chi connectivity index (χ2n) is 3.56. The van der Waals surface area contributed by atoms with Gasteiger partial charge in [0.05, 0.1) is 0 Å². The number of halogens is 3. The quantitative estimate of drug-likeness (QED) is 0.782. The fraction of sp³-hybridized carbons (Fsp3) is 0.333. The second-order valence-corrected chi connectivity index (χ2v) is 3.56. The molecule has 1 aromatic rings. The zero-order valence-electron chi connectivity index (χ0n) is 9.28. The lowest BCUT2D eigenvalue weighted by molar-refractivity contribution is 0.494. The van der Waals surface area contributed by atoms with E-state index in [0.717, 1.165) is 18.2 Å². The highest BCUT2D eigenvalue weighted by molar-refractivity contribution is 5.53. The molecule has 0 saturated carbocycles. The lowest BCUT2D eigenvalue weighted by atomic mass is 10.1. The normalized spacial score (nSPS) is 11.9. The van der Waals surface area contributed by atoms with Gasteiger partial charge < -0.3 is 5.32 Å². The third kappa shape index (κ3) is 3.38. The molecule has 0 spiro atoms. The van der Waals surface area contributed by atoms with Crippen LogP contribution in [-0.4, -0.2) is 13.1 Å². The smallest absolute Gasteiger partial charge is 0.161 e. The highest BCUT2D eigenvalue weighted by Gasteiger charge is 2.07. The SMILES string of the molecule is CCNC/C(C)=C/c1cc(F)c(F)cc1F. The molecule has 1 rings (SSSR count). The Labute approximate surface area is 93.0 Å². The third-order valence-electron chi connectivity index (χ3n) is 2.10. The van der Waals surface area contributed by atoms with Gasteiger partial charge in [0.25, 0.3) is 0 Å². The van der Waals surface area contributed by atoms with Crippen LogP contribution in [-0.2, 0) is 0 Å². The maximum absolute atomic E-state index is 13.2. The van der Waals surface area contributed by atoms with Gasteiger partial charge in [-0.1, -0.05) is 18.6 Å². The van der Waals surface area contributed by atoms with E-state index in [1.807, 2.05) is 6.92 Å². The molecular formula is C12H14F3N. The summed E-state index contributed by atoms with van der Waals surface area (Å²) in [6, 6.07) is 1.42. The first kappa shape index (κ1) is 12.8. The predicted molar refractivity (Wildman–Crippen MR) is 58.5 cm³/mol. The van der Waals surface area contributed by atoms with Crippen LogP contribution in [0.1, 0.15) is 19.4 Å². The molecule has 16 heavy (non-hydrogen) atoms. The van der Waals surface area contributed by atoms with Gasteiger partial charge in [-0.2, -0.15) is 0 Å². The van der Waals surface area contributed by atoms with Crippen LogP contribution in [0.5, 0.6) is 0 Å². The van der Waals surface area contributed by atoms with E-state index in [2.05, 4.69) is 5.32 Å². The van der Waals surface area contributed by atoms with E-state index in [9.17, 15) is 13.2 Å². The molecule has 0 heterocycles. The van der Waals surface area contributed by atoms with E-state index in [-0.39, 0.29) is 5.56 Å². The van der Waals surface area contributed by atoms with Gasteiger partial charge in [0.15, 0.2) is 11.6 Å². The summed E-state index contributed by atoms with van der Waals surface area (Å²) < 4.78 is 38.8. The van der Waals surface area contributed by atoms with Gasteiger partial charge in [-0.05, 0) is 19.5 Å². The van der Waals surface area contributed by atoms with Crippen LogP contribution >= 0.6 is 0 Å². The zero-order valence-corrected chi connectivity index (χ0v) is 9.28. The molecule has 1 nitrogen and oxygen atoms in total. The van der Waals surface area contributed by atoms with Crippen LogP contribution < -0.4 is 5.32 Å². The van der Waals surface area contributed by atoms with Gasteiger partial charge in [-0.3, -0.25) is 0 Å². The Balaban J connectivity index is 2.92. The first-order valence-electron chi connectivity index (χ1n) is 5.07. The molecule has 0 aromatic heterocycles. The van der Waals surface area contributed by atoms with Crippen molar-refractivity contribution < 1.29 is 13.2 Å². The molecule has 0 atom stereocenters. The summed E-state index contributed by atoms with van der Waals surface area (Å²) in [6.45, 7) is 5.13. The molecule has 0 aliphatic carbocycles. The minimum Gasteiger partial charge on any atom is -0.313 e. The van der Waals surface area contributed by atoms with Crippen molar-refractivity contribution >= 4 is 6.08 Å². The Hall–Kier alpha value is -1.29. The highest BCUT2D eigenvalue weighted by Crippen LogP contribution is 2.16. The monoisotopic (exact) mass is 229 g/mol. The van der Waals surface area contributed by atoms with Crippen molar-refractivity contribution in [2.45, 2.75) is 13.8 Å². The fourth-order valence-corrected chi connectivity index (χ4v) is 1.29. The zero-order chi connectivity index (χ0) is 12.1. The lowest BCUT2D eigenvalue weighted by Gasteiger charge is -2.03. The number of rotatable bonds is 4. The Bertz CT molecular complexity index is 399. The maximum Gasteiger partial charge on any atom is 0.161 e. The molecule has 88 valence electrons. The van der Waals surface area contributed by atoms with Crippen LogP contribution in [0.3, 0.4) is 0 Å². The summed E-state index contributed by atoms with van der Waals surface area (Å²) in [5, 5.41) is 3.06. The van der Waals surface area contributed by atoms with Gasteiger partial charge in [0.1, 0.15) is 5.82 Å². The molecule has 0 radical (unpaired) electrons. The maximum atomic E-state index is 13.2. The van der Waals surface area contributed by atoms with E-state index in [0.29, 0.717) is 12.6 Å². The van der Waals surface area contributed by atoms with Crippen molar-refractivity contribution in [3.63, 3.8) is 0 Å². The average molecular weight is 229 g/mol. The van der Waals surface area contributed by atoms with E-state index < -0.39 is 17.5 Å². The number of nitrogens with one attached hydrogen (secondary N) is 1. The van der Waals surface area contributed by atoms with Crippen molar-refractivity contribution in [3.05, 3.63) is 40.7 Å². The van der Waals surface area contributed by atoms with Gasteiger partial charge in [0, 0.05) is 18.2 Å². The molecule has 0 aliphatic rings. The Morgan fingerprint density at radius 1 is 1.19 bits per heavy atom. The van der Waals surface area contributed by atoms with E-state index in [1.165, 1.54) is 6.08 Å². The summed E-state index contributed by atoms with van der Waals surface area (Å²) in [7, 11) is 0. The largest absolute Gasteiger partial charge is 0.313 e. The van der Waals surface area contributed by atoms with Crippen LogP contribution in [0, 0.1) is 17.5 Å². The molecule has 0 unspecified atom stereocenters. The van der Waals surface area contributed by atoms with Crippen LogP contribution in [0.4, 0.5) is 13.2 Å². The summed E-state index contributed by atoms with van der Waals surface area (Å²) >= 11 is 0. The first-order valence-corrected chi connectivity index (χ1v) is 5.07. The molecule has 0 amide bonds. The average Bonchev–Trinajstić information content (AvgIpc) is 2.23. The first-order chi connectivity index (χ1) is 7.54. The van der Waals surface area contributed by atoms with Crippen molar-refractivity contribution in [2.24, 2.45) is 0 Å².